The molecule has 0 saturated carbocycles. The van der Waals surface area contributed by atoms with Crippen LogP contribution in [0.25, 0.3) is 0 Å². The minimum atomic E-state index is -3.87. The molecule has 0 bridgehead atoms. The SMILES string of the molecule is O=C(O)c1ncsc1S(=O)(=O)NCc1sccc1Br. The van der Waals surface area contributed by atoms with Crippen molar-refractivity contribution in [3.8, 4) is 0 Å². The molecule has 0 spiro atoms. The van der Waals surface area contributed by atoms with Crippen molar-refractivity contribution < 1.29 is 18.3 Å². The molecule has 0 aromatic carbocycles. The van der Waals surface area contributed by atoms with Crippen LogP contribution in [0.4, 0.5) is 0 Å². The standard InChI is InChI=1S/C9H7BrN2O4S3/c10-5-1-2-17-6(5)3-12-19(15,16)9-7(8(13)14)11-4-18-9/h1-2,4,12H,3H2,(H,13,14). The molecular weight excluding hydrogens is 376 g/mol. The van der Waals surface area contributed by atoms with Crippen molar-refractivity contribution >= 4 is 54.6 Å². The maximum Gasteiger partial charge on any atom is 0.356 e. The van der Waals surface area contributed by atoms with Crippen molar-refractivity contribution in [2.24, 2.45) is 0 Å². The monoisotopic (exact) mass is 382 g/mol. The molecular formula is C9H7BrN2O4S3. The fourth-order valence-corrected chi connectivity index (χ4v) is 4.95. The fourth-order valence-electron chi connectivity index (χ4n) is 1.25. The summed E-state index contributed by atoms with van der Waals surface area (Å²) in [5.41, 5.74) is 0.738. The van der Waals surface area contributed by atoms with Crippen molar-refractivity contribution in [2.75, 3.05) is 0 Å². The predicted octanol–water partition coefficient (Wildman–Crippen LogP) is 2.14. The number of nitrogens with one attached hydrogen (secondary N) is 1. The maximum atomic E-state index is 12.0. The van der Waals surface area contributed by atoms with E-state index in [1.807, 2.05) is 11.4 Å². The molecule has 2 aromatic heterocycles. The van der Waals surface area contributed by atoms with Gasteiger partial charge in [-0.05, 0) is 27.4 Å². The van der Waals surface area contributed by atoms with E-state index in [0.717, 1.165) is 20.7 Å². The summed E-state index contributed by atoms with van der Waals surface area (Å²) >= 11 is 5.46. The van der Waals surface area contributed by atoms with Crippen molar-refractivity contribution in [3.63, 3.8) is 0 Å². The summed E-state index contributed by atoms with van der Waals surface area (Å²) < 4.78 is 26.9. The molecule has 0 unspecified atom stereocenters. The summed E-state index contributed by atoms with van der Waals surface area (Å²) in [6, 6.07) is 1.81. The van der Waals surface area contributed by atoms with E-state index in [9.17, 15) is 13.2 Å². The minimum absolute atomic E-state index is 0.0948. The van der Waals surface area contributed by atoms with Gasteiger partial charge in [0, 0.05) is 15.9 Å². The Hall–Kier alpha value is -0.810. The number of rotatable bonds is 5. The molecule has 2 heterocycles. The second-order valence-electron chi connectivity index (χ2n) is 3.31. The van der Waals surface area contributed by atoms with Crippen LogP contribution in [-0.2, 0) is 16.6 Å². The third-order valence-electron chi connectivity index (χ3n) is 2.10. The van der Waals surface area contributed by atoms with Crippen molar-refractivity contribution in [2.45, 2.75) is 10.8 Å². The lowest BCUT2D eigenvalue weighted by atomic mass is 10.5. The highest BCUT2D eigenvalue weighted by molar-refractivity contribution is 9.10. The Labute approximate surface area is 125 Å². The minimum Gasteiger partial charge on any atom is -0.476 e. The van der Waals surface area contributed by atoms with E-state index >= 15 is 0 Å². The highest BCUT2D eigenvalue weighted by atomic mass is 79.9. The first-order chi connectivity index (χ1) is 8.92. The lowest BCUT2D eigenvalue weighted by Crippen LogP contribution is -2.24. The number of carbonyl (C=O) groups is 1. The Bertz CT molecular complexity index is 707. The second-order valence-corrected chi connectivity index (χ2v) is 7.98. The first-order valence-corrected chi connectivity index (χ1v) is 8.83. The van der Waals surface area contributed by atoms with Crippen LogP contribution in [0.15, 0.2) is 25.6 Å². The van der Waals surface area contributed by atoms with E-state index in [0.29, 0.717) is 0 Å². The van der Waals surface area contributed by atoms with E-state index in [2.05, 4.69) is 25.6 Å². The summed E-state index contributed by atoms with van der Waals surface area (Å²) in [7, 11) is -3.87. The molecule has 0 amide bonds. The number of thiophene rings is 1. The van der Waals surface area contributed by atoms with Crippen LogP contribution in [0, 0.1) is 0 Å². The van der Waals surface area contributed by atoms with Gasteiger partial charge in [0.25, 0.3) is 10.0 Å². The molecule has 2 rings (SSSR count). The van der Waals surface area contributed by atoms with Gasteiger partial charge in [-0.25, -0.2) is 22.9 Å². The van der Waals surface area contributed by atoms with Gasteiger partial charge in [-0.3, -0.25) is 0 Å². The zero-order valence-corrected chi connectivity index (χ0v) is 13.2. The molecule has 19 heavy (non-hydrogen) atoms. The first kappa shape index (κ1) is 14.6. The Kier molecular flexibility index (Phi) is 4.36. The van der Waals surface area contributed by atoms with Gasteiger partial charge in [-0.15, -0.1) is 22.7 Å². The summed E-state index contributed by atoms with van der Waals surface area (Å²) in [5.74, 6) is -1.36. The van der Waals surface area contributed by atoms with Gasteiger partial charge in [0.15, 0.2) is 9.90 Å². The molecule has 0 atom stereocenters. The van der Waals surface area contributed by atoms with E-state index < -0.39 is 21.7 Å². The predicted molar refractivity (Wildman–Crippen MR) is 75.1 cm³/mol. The van der Waals surface area contributed by atoms with Gasteiger partial charge in [0.05, 0.1) is 5.51 Å². The number of sulfonamides is 1. The largest absolute Gasteiger partial charge is 0.476 e. The molecule has 10 heteroatoms. The van der Waals surface area contributed by atoms with Gasteiger partial charge in [0.2, 0.25) is 0 Å². The van der Waals surface area contributed by atoms with E-state index in [1.54, 1.807) is 0 Å². The van der Waals surface area contributed by atoms with Crippen LogP contribution in [-0.4, -0.2) is 24.5 Å². The number of hydrogen-bond donors (Lipinski definition) is 2. The van der Waals surface area contributed by atoms with Gasteiger partial charge in [0.1, 0.15) is 0 Å². The number of nitrogens with zero attached hydrogens (tertiary/aromatic N) is 1. The molecule has 2 aromatic rings. The van der Waals surface area contributed by atoms with Gasteiger partial charge in [-0.2, -0.15) is 0 Å². The highest BCUT2D eigenvalue weighted by Crippen LogP contribution is 2.24. The molecule has 0 aliphatic carbocycles. The van der Waals surface area contributed by atoms with Crippen LogP contribution in [0.5, 0.6) is 0 Å². The Morgan fingerprint density at radius 1 is 1.47 bits per heavy atom. The molecule has 0 aliphatic rings. The van der Waals surface area contributed by atoms with Crippen LogP contribution >= 0.6 is 38.6 Å². The van der Waals surface area contributed by atoms with Crippen LogP contribution in [0.1, 0.15) is 15.4 Å². The van der Waals surface area contributed by atoms with Gasteiger partial charge >= 0.3 is 5.97 Å². The maximum absolute atomic E-state index is 12.0. The molecule has 0 saturated heterocycles. The van der Waals surface area contributed by atoms with Crippen LogP contribution in [0.3, 0.4) is 0 Å². The molecule has 0 aliphatic heterocycles. The lowest BCUT2D eigenvalue weighted by Gasteiger charge is -2.04. The zero-order valence-electron chi connectivity index (χ0n) is 9.16. The normalized spacial score (nSPS) is 11.6. The summed E-state index contributed by atoms with van der Waals surface area (Å²) in [4.78, 5) is 15.2. The van der Waals surface area contributed by atoms with Crippen molar-refractivity contribution in [1.82, 2.24) is 9.71 Å². The summed E-state index contributed by atoms with van der Waals surface area (Å²) in [5, 5.41) is 10.7. The lowest BCUT2D eigenvalue weighted by molar-refractivity contribution is 0.0687. The Balaban J connectivity index is 2.21. The average Bonchev–Trinajstić information content (AvgIpc) is 2.95. The number of carboxylic acids is 1. The molecule has 0 radical (unpaired) electrons. The quantitative estimate of drug-likeness (QED) is 0.825. The van der Waals surface area contributed by atoms with Crippen LogP contribution in [0.2, 0.25) is 0 Å². The van der Waals surface area contributed by atoms with Crippen LogP contribution < -0.4 is 4.72 Å². The second kappa shape index (κ2) is 5.67. The number of aromatic carboxylic acids is 1. The highest BCUT2D eigenvalue weighted by Gasteiger charge is 2.25. The smallest absolute Gasteiger partial charge is 0.356 e. The molecule has 6 nitrogen and oxygen atoms in total. The van der Waals surface area contributed by atoms with Crippen molar-refractivity contribution in [3.05, 3.63) is 32.0 Å². The number of carboxylic acid groups (broad SMARTS) is 1. The summed E-state index contributed by atoms with van der Waals surface area (Å²) in [6.45, 7) is 0.0948. The van der Waals surface area contributed by atoms with Gasteiger partial charge in [-0.1, -0.05) is 0 Å². The number of halogens is 1. The van der Waals surface area contributed by atoms with E-state index in [1.165, 1.54) is 16.8 Å². The van der Waals surface area contributed by atoms with E-state index in [4.69, 9.17) is 5.11 Å². The van der Waals surface area contributed by atoms with Crippen molar-refractivity contribution in [1.29, 1.82) is 0 Å². The average molecular weight is 383 g/mol. The Morgan fingerprint density at radius 3 is 2.79 bits per heavy atom. The first-order valence-electron chi connectivity index (χ1n) is 4.80. The number of aromatic nitrogens is 1. The Morgan fingerprint density at radius 2 is 2.21 bits per heavy atom. The number of thiazole rings is 1. The summed E-state index contributed by atoms with van der Waals surface area (Å²) in [6.07, 6.45) is 0. The molecule has 102 valence electrons. The molecule has 0 fully saturated rings. The topological polar surface area (TPSA) is 96.4 Å². The third kappa shape index (κ3) is 3.20. The van der Waals surface area contributed by atoms with Gasteiger partial charge < -0.3 is 5.11 Å². The van der Waals surface area contributed by atoms with E-state index in [-0.39, 0.29) is 10.8 Å². The third-order valence-corrected chi connectivity index (χ3v) is 6.79. The zero-order chi connectivity index (χ0) is 14.0. The molecule has 2 N–H and O–H groups in total. The fraction of sp³-hybridized carbons (Fsp3) is 0.111. The number of hydrogen-bond acceptors (Lipinski definition) is 6.